The summed E-state index contributed by atoms with van der Waals surface area (Å²) in [4.78, 5) is 0. The number of benzene rings is 1. The van der Waals surface area contributed by atoms with Gasteiger partial charge in [-0.15, -0.1) is 0 Å². The summed E-state index contributed by atoms with van der Waals surface area (Å²) in [5, 5.41) is 0. The second kappa shape index (κ2) is 4.99. The van der Waals surface area contributed by atoms with Gasteiger partial charge in [0, 0.05) is 0 Å². The van der Waals surface area contributed by atoms with Crippen molar-refractivity contribution in [3.8, 4) is 0 Å². The third-order valence-corrected chi connectivity index (χ3v) is 3.88. The summed E-state index contributed by atoms with van der Waals surface area (Å²) >= 11 is 0. The van der Waals surface area contributed by atoms with Crippen LogP contribution in [0, 0.1) is 5.82 Å². The molecule has 0 radical (unpaired) electrons. The van der Waals surface area contributed by atoms with Crippen molar-refractivity contribution in [2.75, 3.05) is 0 Å². The molecule has 1 aromatic rings. The van der Waals surface area contributed by atoms with Gasteiger partial charge in [-0.05, 0) is 41.4 Å². The van der Waals surface area contributed by atoms with Crippen LogP contribution >= 0.6 is 0 Å². The van der Waals surface area contributed by atoms with E-state index in [1.807, 2.05) is 19.9 Å². The lowest BCUT2D eigenvalue weighted by Gasteiger charge is -2.28. The first-order valence-electron chi connectivity index (χ1n) is 6.24. The minimum Gasteiger partial charge on any atom is -0.207 e. The van der Waals surface area contributed by atoms with Gasteiger partial charge >= 0.3 is 0 Å². The lowest BCUT2D eigenvalue weighted by Crippen LogP contribution is -2.19. The summed E-state index contributed by atoms with van der Waals surface area (Å²) in [7, 11) is 0. The molecule has 0 aliphatic carbocycles. The van der Waals surface area contributed by atoms with Gasteiger partial charge in [-0.1, -0.05) is 46.8 Å². The lowest BCUT2D eigenvalue weighted by atomic mass is 9.77. The van der Waals surface area contributed by atoms with Crippen LogP contribution in [0.5, 0.6) is 0 Å². The van der Waals surface area contributed by atoms with Crippen LogP contribution < -0.4 is 0 Å². The lowest BCUT2D eigenvalue weighted by molar-refractivity contribution is 0.435. The Labute approximate surface area is 98.9 Å². The molecule has 1 aromatic carbocycles. The van der Waals surface area contributed by atoms with Crippen molar-refractivity contribution in [3.63, 3.8) is 0 Å². The maximum atomic E-state index is 13.9. The zero-order chi connectivity index (χ0) is 12.3. The van der Waals surface area contributed by atoms with Gasteiger partial charge in [0.15, 0.2) is 0 Å². The predicted molar refractivity (Wildman–Crippen MR) is 68.4 cm³/mol. The van der Waals surface area contributed by atoms with Crippen molar-refractivity contribution in [2.45, 2.75) is 58.8 Å². The Hall–Kier alpha value is -0.850. The molecule has 0 atom stereocenters. The van der Waals surface area contributed by atoms with Gasteiger partial charge in [-0.2, -0.15) is 0 Å². The monoisotopic (exact) mass is 222 g/mol. The SMILES string of the molecule is CCC(C)(CC)c1ccc(C(C)C)c(F)c1. The predicted octanol–water partition coefficient (Wildman–Crippen LogP) is 5.03. The standard InChI is InChI=1S/C15H23F/c1-6-15(5,7-2)12-8-9-13(11(3)4)14(16)10-12/h8-11H,6-7H2,1-5H3. The molecule has 0 nitrogen and oxygen atoms in total. The molecule has 0 fully saturated rings. The summed E-state index contributed by atoms with van der Waals surface area (Å²) in [5.41, 5.74) is 2.05. The fraction of sp³-hybridized carbons (Fsp3) is 0.600. The highest BCUT2D eigenvalue weighted by Crippen LogP contribution is 2.32. The summed E-state index contributed by atoms with van der Waals surface area (Å²) in [6.07, 6.45) is 2.09. The zero-order valence-corrected chi connectivity index (χ0v) is 11.1. The summed E-state index contributed by atoms with van der Waals surface area (Å²) < 4.78 is 13.9. The highest BCUT2D eigenvalue weighted by Gasteiger charge is 2.23. The molecule has 0 heterocycles. The smallest absolute Gasteiger partial charge is 0.126 e. The van der Waals surface area contributed by atoms with E-state index in [0.29, 0.717) is 0 Å². The van der Waals surface area contributed by atoms with Gasteiger partial charge in [0.1, 0.15) is 5.82 Å². The molecule has 0 saturated carbocycles. The van der Waals surface area contributed by atoms with Crippen LogP contribution in [0.1, 0.15) is 64.5 Å². The number of hydrogen-bond acceptors (Lipinski definition) is 0. The van der Waals surface area contributed by atoms with E-state index < -0.39 is 0 Å². The minimum absolute atomic E-state index is 0.0550. The van der Waals surface area contributed by atoms with E-state index in [9.17, 15) is 4.39 Å². The molecule has 0 bridgehead atoms. The van der Waals surface area contributed by atoms with Gasteiger partial charge < -0.3 is 0 Å². The molecule has 0 aliphatic heterocycles. The van der Waals surface area contributed by atoms with E-state index in [1.54, 1.807) is 6.07 Å². The topological polar surface area (TPSA) is 0 Å². The van der Waals surface area contributed by atoms with Crippen LogP contribution in [0.2, 0.25) is 0 Å². The largest absolute Gasteiger partial charge is 0.207 e. The Morgan fingerprint density at radius 1 is 1.19 bits per heavy atom. The molecule has 1 rings (SSSR count). The Morgan fingerprint density at radius 3 is 2.12 bits per heavy atom. The Balaban J connectivity index is 3.15. The van der Waals surface area contributed by atoms with E-state index in [0.717, 1.165) is 24.0 Å². The third kappa shape index (κ3) is 2.45. The molecule has 0 spiro atoms. The zero-order valence-electron chi connectivity index (χ0n) is 11.1. The quantitative estimate of drug-likeness (QED) is 0.670. The average Bonchev–Trinajstić information content (AvgIpc) is 2.27. The molecule has 0 unspecified atom stereocenters. The van der Waals surface area contributed by atoms with E-state index in [-0.39, 0.29) is 17.2 Å². The first kappa shape index (κ1) is 13.2. The third-order valence-electron chi connectivity index (χ3n) is 3.88. The number of halogens is 1. The van der Waals surface area contributed by atoms with E-state index >= 15 is 0 Å². The Kier molecular flexibility index (Phi) is 4.12. The molecule has 0 N–H and O–H groups in total. The van der Waals surface area contributed by atoms with Crippen LogP contribution in [0.25, 0.3) is 0 Å². The second-order valence-electron chi connectivity index (χ2n) is 5.16. The Morgan fingerprint density at radius 2 is 1.75 bits per heavy atom. The molecule has 0 aromatic heterocycles. The van der Waals surface area contributed by atoms with Crippen molar-refractivity contribution in [1.82, 2.24) is 0 Å². The van der Waals surface area contributed by atoms with Gasteiger partial charge in [-0.3, -0.25) is 0 Å². The van der Waals surface area contributed by atoms with Crippen molar-refractivity contribution in [2.24, 2.45) is 0 Å². The molecule has 0 saturated heterocycles. The van der Waals surface area contributed by atoms with E-state index in [1.165, 1.54) is 0 Å². The maximum absolute atomic E-state index is 13.9. The minimum atomic E-state index is -0.0550. The molecule has 0 aliphatic rings. The highest BCUT2D eigenvalue weighted by molar-refractivity contribution is 5.31. The normalized spacial score (nSPS) is 12.2. The second-order valence-corrected chi connectivity index (χ2v) is 5.16. The fourth-order valence-corrected chi connectivity index (χ4v) is 2.03. The van der Waals surface area contributed by atoms with Gasteiger partial charge in [0.05, 0.1) is 0 Å². The van der Waals surface area contributed by atoms with E-state index in [2.05, 4.69) is 26.8 Å². The van der Waals surface area contributed by atoms with Gasteiger partial charge in [0.2, 0.25) is 0 Å². The molecule has 16 heavy (non-hydrogen) atoms. The van der Waals surface area contributed by atoms with Crippen molar-refractivity contribution in [3.05, 3.63) is 35.1 Å². The average molecular weight is 222 g/mol. The highest BCUT2D eigenvalue weighted by atomic mass is 19.1. The first-order valence-corrected chi connectivity index (χ1v) is 6.24. The van der Waals surface area contributed by atoms with E-state index in [4.69, 9.17) is 0 Å². The summed E-state index contributed by atoms with van der Waals surface area (Å²) in [6, 6.07) is 5.76. The van der Waals surface area contributed by atoms with Crippen molar-refractivity contribution < 1.29 is 4.39 Å². The van der Waals surface area contributed by atoms with Gasteiger partial charge in [-0.25, -0.2) is 4.39 Å². The fourth-order valence-electron chi connectivity index (χ4n) is 2.03. The van der Waals surface area contributed by atoms with Crippen LogP contribution in [-0.2, 0) is 5.41 Å². The summed E-state index contributed by atoms with van der Waals surface area (Å²) in [5.74, 6) is 0.198. The van der Waals surface area contributed by atoms with Gasteiger partial charge in [0.25, 0.3) is 0 Å². The van der Waals surface area contributed by atoms with Crippen LogP contribution in [-0.4, -0.2) is 0 Å². The van der Waals surface area contributed by atoms with Crippen LogP contribution in [0.15, 0.2) is 18.2 Å². The molecule has 90 valence electrons. The summed E-state index contributed by atoms with van der Waals surface area (Å²) in [6.45, 7) is 10.6. The van der Waals surface area contributed by atoms with Crippen LogP contribution in [0.3, 0.4) is 0 Å². The van der Waals surface area contributed by atoms with Crippen LogP contribution in [0.4, 0.5) is 4.39 Å². The maximum Gasteiger partial charge on any atom is 0.126 e. The number of hydrogen-bond donors (Lipinski definition) is 0. The van der Waals surface area contributed by atoms with Crippen molar-refractivity contribution >= 4 is 0 Å². The molecular formula is C15H23F. The van der Waals surface area contributed by atoms with Crippen molar-refractivity contribution in [1.29, 1.82) is 0 Å². The molecule has 0 amide bonds. The molecule has 1 heteroatoms. The molecular weight excluding hydrogens is 199 g/mol. The first-order chi connectivity index (χ1) is 7.44. The Bertz CT molecular complexity index is 348. The number of rotatable bonds is 4.